The zero-order valence-electron chi connectivity index (χ0n) is 23.6. The summed E-state index contributed by atoms with van der Waals surface area (Å²) < 4.78 is 12.4. The van der Waals surface area contributed by atoms with E-state index in [4.69, 9.17) is 24.1 Å². The molecule has 2 aliphatic rings. The van der Waals surface area contributed by atoms with Gasteiger partial charge in [-0.3, -0.25) is 0 Å². The molecule has 3 heterocycles. The molecule has 5 nitrogen and oxygen atoms in total. The molecule has 208 valence electrons. The average Bonchev–Trinajstić information content (AvgIpc) is 3.67. The molecule has 0 radical (unpaired) electrons. The minimum absolute atomic E-state index is 0.0153. The molecule has 5 aromatic carbocycles. The number of para-hydroxylation sites is 2. The first-order valence-electron chi connectivity index (χ1n) is 14.8. The molecule has 0 N–H and O–H groups in total. The second-order valence-corrected chi connectivity index (χ2v) is 11.2. The number of benzene rings is 5. The van der Waals surface area contributed by atoms with Crippen LogP contribution in [0.2, 0.25) is 0 Å². The van der Waals surface area contributed by atoms with Crippen molar-refractivity contribution in [3.05, 3.63) is 151 Å². The van der Waals surface area contributed by atoms with Gasteiger partial charge in [-0.15, -0.1) is 0 Å². The lowest BCUT2D eigenvalue weighted by molar-refractivity contribution is 0.271. The molecule has 5 heteroatoms. The summed E-state index contributed by atoms with van der Waals surface area (Å²) in [6, 6.07) is 41.1. The molecule has 0 bridgehead atoms. The largest absolute Gasteiger partial charge is 0.485 e. The van der Waals surface area contributed by atoms with Gasteiger partial charge in [0.1, 0.15) is 23.0 Å². The topological polar surface area (TPSA) is 61.0 Å². The van der Waals surface area contributed by atoms with Crippen molar-refractivity contribution in [2.45, 2.75) is 12.0 Å². The Morgan fingerprint density at radius 3 is 2.09 bits per heavy atom. The number of furan rings is 1. The van der Waals surface area contributed by atoms with Crippen molar-refractivity contribution in [2.75, 3.05) is 0 Å². The normalized spacial score (nSPS) is 16.9. The van der Waals surface area contributed by atoms with E-state index in [0.29, 0.717) is 17.5 Å². The van der Waals surface area contributed by atoms with E-state index >= 15 is 0 Å². The highest BCUT2D eigenvalue weighted by Gasteiger charge is 2.37. The minimum atomic E-state index is -0.0153. The van der Waals surface area contributed by atoms with E-state index in [-0.39, 0.29) is 12.0 Å². The summed E-state index contributed by atoms with van der Waals surface area (Å²) in [7, 11) is 0. The predicted octanol–water partition coefficient (Wildman–Crippen LogP) is 9.27. The van der Waals surface area contributed by atoms with E-state index in [2.05, 4.69) is 72.8 Å². The molecular weight excluding hydrogens is 542 g/mol. The number of ether oxygens (including phenoxy) is 1. The first kappa shape index (κ1) is 24.8. The summed E-state index contributed by atoms with van der Waals surface area (Å²) in [5.41, 5.74) is 8.03. The Bertz CT molecular complexity index is 2280. The Hall–Kier alpha value is -5.81. The quantitative estimate of drug-likeness (QED) is 0.212. The fourth-order valence-corrected chi connectivity index (χ4v) is 6.43. The Kier molecular flexibility index (Phi) is 5.56. The van der Waals surface area contributed by atoms with Crippen molar-refractivity contribution < 1.29 is 9.15 Å². The third kappa shape index (κ3) is 4.05. The van der Waals surface area contributed by atoms with Crippen LogP contribution in [0.15, 0.2) is 144 Å². The van der Waals surface area contributed by atoms with Crippen LogP contribution in [0, 0.1) is 0 Å². The fourth-order valence-electron chi connectivity index (χ4n) is 6.43. The molecule has 44 heavy (non-hydrogen) atoms. The highest BCUT2D eigenvalue weighted by atomic mass is 16.5. The lowest BCUT2D eigenvalue weighted by atomic mass is 9.81. The number of hydrogen-bond acceptors (Lipinski definition) is 5. The van der Waals surface area contributed by atoms with Gasteiger partial charge in [-0.05, 0) is 53.6 Å². The molecule has 0 spiro atoms. The second kappa shape index (κ2) is 9.89. The zero-order chi connectivity index (χ0) is 29.0. The SMILES string of the molecule is C1=CC2Oc3ccccc3C2C(c2cccc(-c3nc(-c4ccccc4)nc(-c4ccc5oc6ccccc6c5c4)n3)c2)=C1. The van der Waals surface area contributed by atoms with Gasteiger partial charge < -0.3 is 9.15 Å². The maximum absolute atomic E-state index is 6.29. The zero-order valence-corrected chi connectivity index (χ0v) is 23.6. The summed E-state index contributed by atoms with van der Waals surface area (Å²) in [6.07, 6.45) is 6.42. The van der Waals surface area contributed by atoms with Crippen molar-refractivity contribution in [3.8, 4) is 39.9 Å². The maximum Gasteiger partial charge on any atom is 0.164 e. The van der Waals surface area contributed by atoms with Crippen LogP contribution in [0.5, 0.6) is 5.75 Å². The molecular formula is C39H25N3O2. The third-order valence-electron chi connectivity index (χ3n) is 8.51. The summed E-state index contributed by atoms with van der Waals surface area (Å²) in [6.45, 7) is 0. The molecule has 0 saturated carbocycles. The molecule has 1 aliphatic carbocycles. The summed E-state index contributed by atoms with van der Waals surface area (Å²) in [5, 5.41) is 2.11. The number of aromatic nitrogens is 3. The molecule has 2 atom stereocenters. The van der Waals surface area contributed by atoms with E-state index in [9.17, 15) is 0 Å². The number of fused-ring (bicyclic) bond motifs is 6. The van der Waals surface area contributed by atoms with Crippen LogP contribution >= 0.6 is 0 Å². The lowest BCUT2D eigenvalue weighted by Gasteiger charge is -2.23. The summed E-state index contributed by atoms with van der Waals surface area (Å²) >= 11 is 0. The van der Waals surface area contributed by atoms with Crippen LogP contribution in [-0.4, -0.2) is 21.1 Å². The van der Waals surface area contributed by atoms with E-state index in [1.165, 1.54) is 11.1 Å². The molecule has 2 aromatic heterocycles. The minimum Gasteiger partial charge on any atom is -0.485 e. The van der Waals surface area contributed by atoms with Gasteiger partial charge in [0.05, 0.1) is 5.92 Å². The number of allylic oxidation sites excluding steroid dienone is 2. The third-order valence-corrected chi connectivity index (χ3v) is 8.51. The van der Waals surface area contributed by atoms with Crippen LogP contribution in [0.25, 0.3) is 61.7 Å². The van der Waals surface area contributed by atoms with Gasteiger partial charge in [0, 0.05) is 33.0 Å². The number of hydrogen-bond donors (Lipinski definition) is 0. The smallest absolute Gasteiger partial charge is 0.164 e. The standard InChI is InChI=1S/C39H25N3O2/c1-2-10-24(11-3-1)37-40-38(42-39(41-37)27-20-21-34-31(23-27)29-14-4-6-17-32(29)43-34)26-13-8-12-25(22-26)28-16-9-19-35-36(28)30-15-5-7-18-33(30)44-35/h1-23,35-36H. The Morgan fingerprint density at radius 1 is 0.523 bits per heavy atom. The first-order chi connectivity index (χ1) is 21.8. The van der Waals surface area contributed by atoms with Crippen LogP contribution in [0.4, 0.5) is 0 Å². The van der Waals surface area contributed by atoms with Gasteiger partial charge >= 0.3 is 0 Å². The highest BCUT2D eigenvalue weighted by Crippen LogP contribution is 2.48. The van der Waals surface area contributed by atoms with Crippen LogP contribution < -0.4 is 4.74 Å². The van der Waals surface area contributed by atoms with Crippen molar-refractivity contribution in [3.63, 3.8) is 0 Å². The predicted molar refractivity (Wildman–Crippen MR) is 174 cm³/mol. The van der Waals surface area contributed by atoms with Crippen molar-refractivity contribution in [1.29, 1.82) is 0 Å². The molecule has 0 amide bonds. The number of rotatable bonds is 4. The summed E-state index contributed by atoms with van der Waals surface area (Å²) in [5.74, 6) is 2.96. The molecule has 0 fully saturated rings. The van der Waals surface area contributed by atoms with E-state index in [0.717, 1.165) is 49.9 Å². The van der Waals surface area contributed by atoms with Gasteiger partial charge in [-0.1, -0.05) is 97.1 Å². The monoisotopic (exact) mass is 567 g/mol. The van der Waals surface area contributed by atoms with Crippen LogP contribution in [-0.2, 0) is 0 Å². The Morgan fingerprint density at radius 2 is 1.20 bits per heavy atom. The number of nitrogens with zero attached hydrogens (tertiary/aromatic N) is 3. The Labute approximate surface area is 253 Å². The van der Waals surface area contributed by atoms with E-state index < -0.39 is 0 Å². The van der Waals surface area contributed by atoms with Crippen molar-refractivity contribution in [2.24, 2.45) is 0 Å². The van der Waals surface area contributed by atoms with Crippen molar-refractivity contribution in [1.82, 2.24) is 15.0 Å². The summed E-state index contributed by atoms with van der Waals surface area (Å²) in [4.78, 5) is 15.0. The van der Waals surface area contributed by atoms with Crippen LogP contribution in [0.3, 0.4) is 0 Å². The lowest BCUT2D eigenvalue weighted by Crippen LogP contribution is -2.19. The molecule has 2 unspecified atom stereocenters. The molecule has 7 aromatic rings. The van der Waals surface area contributed by atoms with Gasteiger partial charge in [-0.2, -0.15) is 0 Å². The highest BCUT2D eigenvalue weighted by molar-refractivity contribution is 6.06. The molecule has 1 aliphatic heterocycles. The van der Waals surface area contributed by atoms with E-state index in [1.807, 2.05) is 66.7 Å². The van der Waals surface area contributed by atoms with Gasteiger partial charge in [0.15, 0.2) is 17.5 Å². The van der Waals surface area contributed by atoms with Gasteiger partial charge in [0.25, 0.3) is 0 Å². The molecule has 0 saturated heterocycles. The first-order valence-corrected chi connectivity index (χ1v) is 14.8. The van der Waals surface area contributed by atoms with Crippen molar-refractivity contribution >= 4 is 27.5 Å². The second-order valence-electron chi connectivity index (χ2n) is 11.2. The van der Waals surface area contributed by atoms with E-state index in [1.54, 1.807) is 0 Å². The Balaban J connectivity index is 1.18. The fraction of sp³-hybridized carbons (Fsp3) is 0.0513. The average molecular weight is 568 g/mol. The van der Waals surface area contributed by atoms with Gasteiger partial charge in [0.2, 0.25) is 0 Å². The molecule has 9 rings (SSSR count). The van der Waals surface area contributed by atoms with Gasteiger partial charge in [-0.25, -0.2) is 15.0 Å². The van der Waals surface area contributed by atoms with Crippen LogP contribution in [0.1, 0.15) is 17.0 Å². The maximum atomic E-state index is 6.29.